The first kappa shape index (κ1) is 20.6. The summed E-state index contributed by atoms with van der Waals surface area (Å²) in [6, 6.07) is 13.8. The smallest absolute Gasteiger partial charge is 0.256 e. The van der Waals surface area contributed by atoms with Gasteiger partial charge in [0.25, 0.3) is 5.91 Å². The second kappa shape index (κ2) is 8.24. The highest BCUT2D eigenvalue weighted by atomic mass is 32.2. The first-order valence-corrected chi connectivity index (χ1v) is 11.5. The largest absolute Gasteiger partial charge is 0.306 e. The van der Waals surface area contributed by atoms with E-state index in [4.69, 9.17) is 4.98 Å². The molecule has 154 valence electrons. The van der Waals surface area contributed by atoms with Crippen molar-refractivity contribution in [1.82, 2.24) is 14.8 Å². The van der Waals surface area contributed by atoms with E-state index in [1.807, 2.05) is 37.3 Å². The van der Waals surface area contributed by atoms with Crippen LogP contribution in [0.3, 0.4) is 0 Å². The summed E-state index contributed by atoms with van der Waals surface area (Å²) >= 11 is 3.35. The number of anilines is 1. The van der Waals surface area contributed by atoms with Gasteiger partial charge in [-0.1, -0.05) is 31.3 Å². The fraction of sp³-hybridized carbons (Fsp3) is 0.261. The van der Waals surface area contributed by atoms with Gasteiger partial charge < -0.3 is 5.32 Å². The van der Waals surface area contributed by atoms with Gasteiger partial charge in [0.2, 0.25) is 5.13 Å². The van der Waals surface area contributed by atoms with Crippen molar-refractivity contribution in [3.8, 4) is 5.13 Å². The van der Waals surface area contributed by atoms with Crippen molar-refractivity contribution in [2.24, 2.45) is 0 Å². The molecule has 4 aromatic rings. The molecule has 2 heterocycles. The maximum absolute atomic E-state index is 12.8. The minimum atomic E-state index is -0.162. The number of nitrogens with one attached hydrogen (secondary N) is 1. The molecule has 0 spiro atoms. The van der Waals surface area contributed by atoms with Crippen LogP contribution in [0, 0.1) is 20.8 Å². The number of aryl methyl sites for hydroxylation is 3. The Morgan fingerprint density at radius 3 is 2.53 bits per heavy atom. The molecule has 0 aliphatic rings. The molecule has 0 aliphatic carbocycles. The summed E-state index contributed by atoms with van der Waals surface area (Å²) in [7, 11) is 0. The van der Waals surface area contributed by atoms with Crippen molar-refractivity contribution in [2.45, 2.75) is 44.8 Å². The number of benzene rings is 2. The van der Waals surface area contributed by atoms with Gasteiger partial charge in [0.15, 0.2) is 0 Å². The van der Waals surface area contributed by atoms with Gasteiger partial charge in [-0.3, -0.25) is 4.79 Å². The lowest BCUT2D eigenvalue weighted by Gasteiger charge is -2.08. The standard InChI is InChI=1S/C23H24N4OS2/c1-13(2)29-18-8-6-17(7-9-18)22(28)24-20-12-16(5)26-27(20)23-25-21-15(4)10-14(3)11-19(21)30-23/h6-13H,1-5H3,(H,24,28). The van der Waals surface area contributed by atoms with Gasteiger partial charge in [0.05, 0.1) is 15.9 Å². The molecule has 2 aromatic heterocycles. The van der Waals surface area contributed by atoms with E-state index in [1.54, 1.807) is 27.8 Å². The Bertz CT molecular complexity index is 1220. The molecule has 0 atom stereocenters. The second-order valence-corrected chi connectivity index (χ2v) is 10.3. The Morgan fingerprint density at radius 2 is 1.83 bits per heavy atom. The predicted octanol–water partition coefficient (Wildman–Crippen LogP) is 6.16. The first-order valence-electron chi connectivity index (χ1n) is 9.83. The van der Waals surface area contributed by atoms with Crippen LogP contribution in [0.4, 0.5) is 5.82 Å². The van der Waals surface area contributed by atoms with E-state index in [-0.39, 0.29) is 5.91 Å². The molecular formula is C23H24N4OS2. The summed E-state index contributed by atoms with van der Waals surface area (Å²) in [4.78, 5) is 18.8. The van der Waals surface area contributed by atoms with Gasteiger partial charge >= 0.3 is 0 Å². The fourth-order valence-corrected chi connectivity index (χ4v) is 5.27. The van der Waals surface area contributed by atoms with Crippen LogP contribution < -0.4 is 5.32 Å². The zero-order valence-corrected chi connectivity index (χ0v) is 19.3. The lowest BCUT2D eigenvalue weighted by molar-refractivity contribution is 0.102. The van der Waals surface area contributed by atoms with Crippen LogP contribution in [0.25, 0.3) is 15.3 Å². The Morgan fingerprint density at radius 1 is 1.10 bits per heavy atom. The molecule has 30 heavy (non-hydrogen) atoms. The maximum atomic E-state index is 12.8. The number of hydrogen-bond acceptors (Lipinski definition) is 5. The number of aromatic nitrogens is 3. The van der Waals surface area contributed by atoms with Gasteiger partial charge in [-0.25, -0.2) is 4.98 Å². The van der Waals surface area contributed by atoms with Crippen LogP contribution >= 0.6 is 23.1 Å². The molecule has 4 rings (SSSR count). The molecule has 0 bridgehead atoms. The van der Waals surface area contributed by atoms with Gasteiger partial charge in [0, 0.05) is 21.8 Å². The van der Waals surface area contributed by atoms with E-state index in [2.05, 4.69) is 50.2 Å². The minimum Gasteiger partial charge on any atom is -0.306 e. The highest BCUT2D eigenvalue weighted by Crippen LogP contribution is 2.30. The number of fused-ring (bicyclic) bond motifs is 1. The topological polar surface area (TPSA) is 59.8 Å². The highest BCUT2D eigenvalue weighted by Gasteiger charge is 2.16. The van der Waals surface area contributed by atoms with E-state index in [9.17, 15) is 4.79 Å². The molecule has 0 saturated carbocycles. The lowest BCUT2D eigenvalue weighted by atomic mass is 10.1. The third kappa shape index (κ3) is 4.27. The Hall–Kier alpha value is -2.64. The summed E-state index contributed by atoms with van der Waals surface area (Å²) < 4.78 is 2.83. The molecule has 5 nitrogen and oxygen atoms in total. The SMILES string of the molecule is Cc1cc(C)c2nc(-n3nc(C)cc3NC(=O)c3ccc(SC(C)C)cc3)sc2c1. The van der Waals surface area contributed by atoms with Crippen molar-refractivity contribution < 1.29 is 4.79 Å². The number of hydrogen-bond donors (Lipinski definition) is 1. The number of thiazole rings is 1. The molecule has 0 unspecified atom stereocenters. The normalized spacial score (nSPS) is 11.4. The Labute approximate surface area is 184 Å². The molecule has 1 amide bonds. The average molecular weight is 437 g/mol. The molecule has 0 aliphatic heterocycles. The molecule has 0 radical (unpaired) electrons. The van der Waals surface area contributed by atoms with Gasteiger partial charge in [0.1, 0.15) is 5.82 Å². The Kier molecular flexibility index (Phi) is 5.66. The molecule has 7 heteroatoms. The summed E-state index contributed by atoms with van der Waals surface area (Å²) in [6.07, 6.45) is 0. The number of nitrogens with zero attached hydrogens (tertiary/aromatic N) is 3. The Balaban J connectivity index is 1.62. The van der Waals surface area contributed by atoms with E-state index < -0.39 is 0 Å². The molecular weight excluding hydrogens is 412 g/mol. The van der Waals surface area contributed by atoms with Crippen molar-refractivity contribution >= 4 is 45.0 Å². The van der Waals surface area contributed by atoms with Crippen LogP contribution in [-0.2, 0) is 0 Å². The van der Waals surface area contributed by atoms with Gasteiger partial charge in [-0.15, -0.1) is 11.8 Å². The van der Waals surface area contributed by atoms with Crippen LogP contribution in [0.15, 0.2) is 47.4 Å². The summed E-state index contributed by atoms with van der Waals surface area (Å²) in [5.74, 6) is 0.456. The summed E-state index contributed by atoms with van der Waals surface area (Å²) in [5.41, 5.74) is 4.76. The number of amides is 1. The summed E-state index contributed by atoms with van der Waals surface area (Å²) in [5, 5.41) is 8.81. The van der Waals surface area contributed by atoms with Crippen molar-refractivity contribution in [2.75, 3.05) is 5.32 Å². The van der Waals surface area contributed by atoms with E-state index in [0.29, 0.717) is 16.6 Å². The highest BCUT2D eigenvalue weighted by molar-refractivity contribution is 7.99. The molecule has 1 N–H and O–H groups in total. The number of carbonyl (C=O) groups is 1. The van der Waals surface area contributed by atoms with Gasteiger partial charge in [-0.05, 0) is 62.2 Å². The predicted molar refractivity (Wildman–Crippen MR) is 126 cm³/mol. The van der Waals surface area contributed by atoms with Crippen LogP contribution in [-0.4, -0.2) is 25.9 Å². The minimum absolute atomic E-state index is 0.162. The molecule has 2 aromatic carbocycles. The second-order valence-electron chi connectivity index (χ2n) is 7.65. The average Bonchev–Trinajstić information content (AvgIpc) is 3.25. The van der Waals surface area contributed by atoms with Crippen molar-refractivity contribution in [1.29, 1.82) is 0 Å². The first-order chi connectivity index (χ1) is 14.3. The third-order valence-electron chi connectivity index (χ3n) is 4.56. The third-order valence-corrected chi connectivity index (χ3v) is 6.55. The maximum Gasteiger partial charge on any atom is 0.256 e. The monoisotopic (exact) mass is 436 g/mol. The number of rotatable bonds is 5. The lowest BCUT2D eigenvalue weighted by Crippen LogP contribution is -2.15. The quantitative estimate of drug-likeness (QED) is 0.381. The van der Waals surface area contributed by atoms with Crippen LogP contribution in [0.5, 0.6) is 0 Å². The molecule has 0 fully saturated rings. The fourth-order valence-electron chi connectivity index (χ4n) is 3.33. The number of thioether (sulfide) groups is 1. The zero-order chi connectivity index (χ0) is 21.4. The zero-order valence-electron chi connectivity index (χ0n) is 17.7. The molecule has 0 saturated heterocycles. The van der Waals surface area contributed by atoms with E-state index in [0.717, 1.165) is 31.5 Å². The van der Waals surface area contributed by atoms with Crippen LogP contribution in [0.1, 0.15) is 41.0 Å². The van der Waals surface area contributed by atoms with Gasteiger partial charge in [-0.2, -0.15) is 9.78 Å². The van der Waals surface area contributed by atoms with Crippen molar-refractivity contribution in [3.63, 3.8) is 0 Å². The van der Waals surface area contributed by atoms with Crippen molar-refractivity contribution in [3.05, 3.63) is 64.8 Å². The summed E-state index contributed by atoms with van der Waals surface area (Å²) in [6.45, 7) is 10.4. The van der Waals surface area contributed by atoms with Crippen LogP contribution in [0.2, 0.25) is 0 Å². The van der Waals surface area contributed by atoms with E-state index >= 15 is 0 Å². The number of carbonyl (C=O) groups excluding carboxylic acids is 1. The van der Waals surface area contributed by atoms with E-state index in [1.165, 1.54) is 5.56 Å².